The second-order valence-electron chi connectivity index (χ2n) is 4.63. The lowest BCUT2D eigenvalue weighted by molar-refractivity contribution is -0.156. The van der Waals surface area contributed by atoms with Gasteiger partial charge in [0, 0.05) is 0 Å². The van der Waals surface area contributed by atoms with E-state index in [9.17, 15) is 19.1 Å². The van der Waals surface area contributed by atoms with E-state index in [2.05, 4.69) is 0 Å². The molecule has 0 spiro atoms. The van der Waals surface area contributed by atoms with Crippen LogP contribution in [0.4, 0.5) is 0 Å². The Hall–Kier alpha value is -0.380. The third-order valence-corrected chi connectivity index (χ3v) is 5.98. The summed E-state index contributed by atoms with van der Waals surface area (Å²) in [5.74, 6) is -0.563. The minimum atomic E-state index is -4.41. The highest BCUT2D eigenvalue weighted by Gasteiger charge is 2.58. The maximum atomic E-state index is 11.9. The van der Waals surface area contributed by atoms with Crippen LogP contribution in [0.1, 0.15) is 47.5 Å². The zero-order valence-electron chi connectivity index (χ0n) is 11.2. The van der Waals surface area contributed by atoms with Crippen molar-refractivity contribution in [2.75, 3.05) is 6.61 Å². The van der Waals surface area contributed by atoms with Crippen molar-refractivity contribution < 1.29 is 23.9 Å². The van der Waals surface area contributed by atoms with Gasteiger partial charge >= 0.3 is 13.6 Å². The highest BCUT2D eigenvalue weighted by molar-refractivity contribution is 7.53. The van der Waals surface area contributed by atoms with Gasteiger partial charge in [-0.25, -0.2) is 0 Å². The van der Waals surface area contributed by atoms with Gasteiger partial charge in [-0.1, -0.05) is 13.8 Å². The number of rotatable bonds is 6. The summed E-state index contributed by atoms with van der Waals surface area (Å²) < 4.78 is 16.7. The Bertz CT molecular complexity index is 314. The first kappa shape index (κ1) is 16.6. The molecule has 0 saturated carbocycles. The van der Waals surface area contributed by atoms with Gasteiger partial charge in [0.25, 0.3) is 0 Å². The standard InChI is InChI=1S/C11H23O5P/c1-6-11(7-2,17(13,14)15)10(4,5)9(12)16-8-3/h6-8H2,1-5H3,(H2,13,14,15). The van der Waals surface area contributed by atoms with Crippen LogP contribution < -0.4 is 0 Å². The average molecular weight is 266 g/mol. The summed E-state index contributed by atoms with van der Waals surface area (Å²) >= 11 is 0. The number of esters is 1. The molecule has 6 heteroatoms. The zero-order chi connectivity index (χ0) is 13.9. The molecular formula is C11H23O5P. The highest BCUT2D eigenvalue weighted by atomic mass is 31.2. The molecule has 0 aliphatic rings. The van der Waals surface area contributed by atoms with Crippen LogP contribution in [0, 0.1) is 5.41 Å². The lowest BCUT2D eigenvalue weighted by atomic mass is 9.74. The predicted octanol–water partition coefficient (Wildman–Crippen LogP) is 2.31. The Morgan fingerprint density at radius 2 is 1.59 bits per heavy atom. The van der Waals surface area contributed by atoms with E-state index >= 15 is 0 Å². The summed E-state index contributed by atoms with van der Waals surface area (Å²) in [6.45, 7) is 8.32. The van der Waals surface area contributed by atoms with Gasteiger partial charge in [-0.15, -0.1) is 0 Å². The van der Waals surface area contributed by atoms with E-state index in [4.69, 9.17) is 4.74 Å². The molecule has 0 heterocycles. The Morgan fingerprint density at radius 3 is 1.82 bits per heavy atom. The van der Waals surface area contributed by atoms with E-state index in [1.54, 1.807) is 20.8 Å². The lowest BCUT2D eigenvalue weighted by Gasteiger charge is -2.43. The third kappa shape index (κ3) is 2.72. The van der Waals surface area contributed by atoms with Gasteiger partial charge in [0.1, 0.15) is 0 Å². The van der Waals surface area contributed by atoms with Gasteiger partial charge in [-0.3, -0.25) is 9.36 Å². The second kappa shape index (κ2) is 5.51. The van der Waals surface area contributed by atoms with Crippen LogP contribution in [0.25, 0.3) is 0 Å². The largest absolute Gasteiger partial charge is 0.466 e. The Kier molecular flexibility index (Phi) is 5.38. The predicted molar refractivity (Wildman–Crippen MR) is 65.8 cm³/mol. The van der Waals surface area contributed by atoms with Crippen LogP contribution in [-0.2, 0) is 14.1 Å². The smallest absolute Gasteiger partial charge is 0.332 e. The van der Waals surface area contributed by atoms with Gasteiger partial charge < -0.3 is 14.5 Å². The van der Waals surface area contributed by atoms with Crippen molar-refractivity contribution in [3.05, 3.63) is 0 Å². The van der Waals surface area contributed by atoms with Crippen molar-refractivity contribution >= 4 is 13.6 Å². The monoisotopic (exact) mass is 266 g/mol. The summed E-state index contributed by atoms with van der Waals surface area (Å²) in [5, 5.41) is -1.37. The minimum Gasteiger partial charge on any atom is -0.466 e. The number of ether oxygens (including phenoxy) is 1. The molecular weight excluding hydrogens is 243 g/mol. The zero-order valence-corrected chi connectivity index (χ0v) is 12.1. The molecule has 0 amide bonds. The summed E-state index contributed by atoms with van der Waals surface area (Å²) in [6, 6.07) is 0. The topological polar surface area (TPSA) is 83.8 Å². The molecule has 0 aliphatic heterocycles. The van der Waals surface area contributed by atoms with Crippen LogP contribution in [0.2, 0.25) is 0 Å². The molecule has 0 rings (SSSR count). The van der Waals surface area contributed by atoms with Crippen molar-refractivity contribution in [3.63, 3.8) is 0 Å². The molecule has 0 aliphatic carbocycles. The van der Waals surface area contributed by atoms with E-state index in [0.29, 0.717) is 0 Å². The second-order valence-corrected chi connectivity index (χ2v) is 6.57. The molecule has 0 aromatic rings. The summed E-state index contributed by atoms with van der Waals surface area (Å²) in [7, 11) is -4.41. The highest BCUT2D eigenvalue weighted by Crippen LogP contribution is 2.63. The van der Waals surface area contributed by atoms with Gasteiger partial charge in [0.05, 0.1) is 17.2 Å². The molecule has 0 fully saturated rings. The van der Waals surface area contributed by atoms with Crippen LogP contribution in [0.3, 0.4) is 0 Å². The maximum Gasteiger partial charge on any atom is 0.332 e. The van der Waals surface area contributed by atoms with Crippen molar-refractivity contribution in [1.29, 1.82) is 0 Å². The Labute approximate surface area is 103 Å². The van der Waals surface area contributed by atoms with Crippen LogP contribution >= 0.6 is 7.60 Å². The molecule has 17 heavy (non-hydrogen) atoms. The quantitative estimate of drug-likeness (QED) is 0.569. The minimum absolute atomic E-state index is 0.201. The fourth-order valence-corrected chi connectivity index (χ4v) is 4.05. The molecule has 0 bridgehead atoms. The molecule has 5 nitrogen and oxygen atoms in total. The van der Waals surface area contributed by atoms with Crippen molar-refractivity contribution in [2.45, 2.75) is 52.6 Å². The van der Waals surface area contributed by atoms with Crippen LogP contribution in [-0.4, -0.2) is 27.5 Å². The molecule has 0 unspecified atom stereocenters. The van der Waals surface area contributed by atoms with Gasteiger partial charge in [0.15, 0.2) is 0 Å². The van der Waals surface area contributed by atoms with Gasteiger partial charge in [-0.05, 0) is 33.6 Å². The summed E-state index contributed by atoms with van der Waals surface area (Å²) in [6.07, 6.45) is 0.444. The molecule has 0 atom stereocenters. The van der Waals surface area contributed by atoms with Gasteiger partial charge in [0.2, 0.25) is 0 Å². The Balaban J connectivity index is 5.62. The van der Waals surface area contributed by atoms with E-state index in [1.807, 2.05) is 0 Å². The Morgan fingerprint density at radius 1 is 1.18 bits per heavy atom. The molecule has 102 valence electrons. The molecule has 0 saturated heterocycles. The molecule has 2 N–H and O–H groups in total. The first-order chi connectivity index (χ1) is 7.60. The lowest BCUT2D eigenvalue weighted by Crippen LogP contribution is -2.49. The summed E-state index contributed by atoms with van der Waals surface area (Å²) in [4.78, 5) is 31.1. The number of hydrogen-bond donors (Lipinski definition) is 2. The van der Waals surface area contributed by atoms with E-state index in [-0.39, 0.29) is 19.4 Å². The van der Waals surface area contributed by atoms with Crippen LogP contribution in [0.15, 0.2) is 0 Å². The number of hydrogen-bond acceptors (Lipinski definition) is 3. The molecule has 0 radical (unpaired) electrons. The van der Waals surface area contributed by atoms with Crippen molar-refractivity contribution in [3.8, 4) is 0 Å². The fraction of sp³-hybridized carbons (Fsp3) is 0.909. The third-order valence-electron chi connectivity index (χ3n) is 3.68. The average Bonchev–Trinajstić information content (AvgIpc) is 2.18. The van der Waals surface area contributed by atoms with Crippen LogP contribution in [0.5, 0.6) is 0 Å². The normalized spacial score (nSPS) is 13.6. The summed E-state index contributed by atoms with van der Waals surface area (Å²) in [5.41, 5.74) is -1.22. The molecule has 0 aromatic heterocycles. The maximum absolute atomic E-state index is 11.9. The number of carbonyl (C=O) groups excluding carboxylic acids is 1. The first-order valence-electron chi connectivity index (χ1n) is 5.83. The number of carbonyl (C=O) groups is 1. The van der Waals surface area contributed by atoms with E-state index < -0.39 is 24.1 Å². The van der Waals surface area contributed by atoms with E-state index in [1.165, 1.54) is 13.8 Å². The molecule has 0 aromatic carbocycles. The van der Waals surface area contributed by atoms with Crippen molar-refractivity contribution in [2.24, 2.45) is 5.41 Å². The van der Waals surface area contributed by atoms with E-state index in [0.717, 1.165) is 0 Å². The first-order valence-corrected chi connectivity index (χ1v) is 7.44. The fourth-order valence-electron chi connectivity index (χ4n) is 2.41. The van der Waals surface area contributed by atoms with Crippen molar-refractivity contribution in [1.82, 2.24) is 0 Å². The SMILES string of the molecule is CCOC(=O)C(C)(C)C(CC)(CC)P(=O)(O)O. The van der Waals surface area contributed by atoms with Gasteiger partial charge in [-0.2, -0.15) is 0 Å².